The summed E-state index contributed by atoms with van der Waals surface area (Å²) >= 11 is 0. The molecule has 1 amide bonds. The number of ether oxygens (including phenoxy) is 1. The molecule has 0 N–H and O–H groups in total. The third-order valence-corrected chi connectivity index (χ3v) is 4.63. The Morgan fingerprint density at radius 2 is 1.45 bits per heavy atom. The van der Waals surface area contributed by atoms with Crippen molar-refractivity contribution in [3.63, 3.8) is 0 Å². The number of amides is 1. The highest BCUT2D eigenvalue weighted by molar-refractivity contribution is 5.68. The molecule has 0 spiro atoms. The fourth-order valence-corrected chi connectivity index (χ4v) is 3.39. The van der Waals surface area contributed by atoms with E-state index < -0.39 is 5.60 Å². The Hall–Kier alpha value is -0.770. The smallest absolute Gasteiger partial charge is 0.410 e. The largest absolute Gasteiger partial charge is 0.444 e. The third-order valence-electron chi connectivity index (χ3n) is 4.63. The summed E-state index contributed by atoms with van der Waals surface area (Å²) in [6.07, 6.45) is 6.53. The number of piperazine rings is 1. The molecule has 0 bridgehead atoms. The number of hydrogen-bond acceptors (Lipinski definition) is 3. The number of rotatable bonds is 1. The minimum Gasteiger partial charge on any atom is -0.444 e. The molecule has 0 atom stereocenters. The first kappa shape index (κ1) is 19.3. The Morgan fingerprint density at radius 3 is 1.91 bits per heavy atom. The molecule has 0 unspecified atom stereocenters. The zero-order valence-corrected chi connectivity index (χ0v) is 15.6. The Balaban J connectivity index is 0.00000116. The molecule has 2 fully saturated rings. The van der Waals surface area contributed by atoms with Gasteiger partial charge >= 0.3 is 6.09 Å². The lowest BCUT2D eigenvalue weighted by Crippen LogP contribution is -2.57. The van der Waals surface area contributed by atoms with E-state index >= 15 is 0 Å². The van der Waals surface area contributed by atoms with Crippen molar-refractivity contribution in [3.8, 4) is 0 Å². The summed E-state index contributed by atoms with van der Waals surface area (Å²) in [7, 11) is 0. The second-order valence-corrected chi connectivity index (χ2v) is 7.51. The zero-order chi connectivity index (χ0) is 16.8. The predicted octanol–water partition coefficient (Wildman–Crippen LogP) is 4.29. The van der Waals surface area contributed by atoms with Gasteiger partial charge in [0.05, 0.1) is 0 Å². The molecule has 4 nitrogen and oxygen atoms in total. The van der Waals surface area contributed by atoms with Crippen molar-refractivity contribution in [3.05, 3.63) is 0 Å². The Bertz CT molecular complexity index is 335. The van der Waals surface area contributed by atoms with E-state index in [1.54, 1.807) is 0 Å². The number of nitrogens with zero attached hydrogens (tertiary/aromatic N) is 2. The Kier molecular flexibility index (Phi) is 7.17. The molecule has 1 saturated heterocycles. The van der Waals surface area contributed by atoms with Gasteiger partial charge in [-0.3, -0.25) is 4.90 Å². The quantitative estimate of drug-likeness (QED) is 0.724. The van der Waals surface area contributed by atoms with Crippen LogP contribution in [0.25, 0.3) is 0 Å². The van der Waals surface area contributed by atoms with Gasteiger partial charge in [-0.1, -0.05) is 33.1 Å². The van der Waals surface area contributed by atoms with E-state index in [9.17, 15) is 4.79 Å². The average molecular weight is 312 g/mol. The molecule has 1 saturated carbocycles. The van der Waals surface area contributed by atoms with Crippen molar-refractivity contribution in [2.45, 2.75) is 84.8 Å². The summed E-state index contributed by atoms with van der Waals surface area (Å²) in [4.78, 5) is 16.5. The second kappa shape index (κ2) is 8.19. The molecule has 2 rings (SSSR count). The molecular weight excluding hydrogens is 276 g/mol. The van der Waals surface area contributed by atoms with E-state index in [-0.39, 0.29) is 6.09 Å². The minimum absolute atomic E-state index is 0.161. The van der Waals surface area contributed by atoms with E-state index in [1.165, 1.54) is 32.1 Å². The fourth-order valence-electron chi connectivity index (χ4n) is 3.39. The van der Waals surface area contributed by atoms with Crippen LogP contribution >= 0.6 is 0 Å². The average Bonchev–Trinajstić information content (AvgIpc) is 2.48. The van der Waals surface area contributed by atoms with Crippen LogP contribution in [0.2, 0.25) is 0 Å². The van der Waals surface area contributed by atoms with Gasteiger partial charge in [0.25, 0.3) is 0 Å². The van der Waals surface area contributed by atoms with Crippen molar-refractivity contribution in [2.75, 3.05) is 26.2 Å². The van der Waals surface area contributed by atoms with Crippen LogP contribution in [0.15, 0.2) is 0 Å². The lowest BCUT2D eigenvalue weighted by molar-refractivity contribution is -0.00837. The van der Waals surface area contributed by atoms with Crippen LogP contribution in [0.1, 0.15) is 73.6 Å². The van der Waals surface area contributed by atoms with Gasteiger partial charge in [0, 0.05) is 31.7 Å². The number of hydrogen-bond donors (Lipinski definition) is 0. The van der Waals surface area contributed by atoms with Crippen LogP contribution in [0.5, 0.6) is 0 Å². The summed E-state index contributed by atoms with van der Waals surface area (Å²) in [5, 5.41) is 0. The van der Waals surface area contributed by atoms with Crippen LogP contribution in [0, 0.1) is 0 Å². The van der Waals surface area contributed by atoms with Gasteiger partial charge < -0.3 is 9.64 Å². The first-order valence-corrected chi connectivity index (χ1v) is 9.03. The summed E-state index contributed by atoms with van der Waals surface area (Å²) in [5.41, 5.74) is -0.0398. The molecule has 1 aliphatic heterocycles. The van der Waals surface area contributed by atoms with Crippen LogP contribution < -0.4 is 0 Å². The van der Waals surface area contributed by atoms with Gasteiger partial charge in [-0.25, -0.2) is 4.79 Å². The highest BCUT2D eigenvalue weighted by Crippen LogP contribution is 2.33. The standard InChI is InChI=1S/C16H30N2O2.C2H6/c1-15(2,3)20-14(19)17-10-12-18(13-11-17)16(4)8-6-5-7-9-16;1-2/h5-13H2,1-4H3;1-2H3. The van der Waals surface area contributed by atoms with Gasteiger partial charge in [-0.05, 0) is 40.5 Å². The fraction of sp³-hybridized carbons (Fsp3) is 0.944. The molecule has 4 heteroatoms. The highest BCUT2D eigenvalue weighted by atomic mass is 16.6. The summed E-state index contributed by atoms with van der Waals surface area (Å²) in [6.45, 7) is 15.7. The number of carbonyl (C=O) groups excluding carboxylic acids is 1. The molecule has 0 aromatic carbocycles. The summed E-state index contributed by atoms with van der Waals surface area (Å²) in [5.74, 6) is 0. The maximum atomic E-state index is 12.1. The van der Waals surface area contributed by atoms with Gasteiger partial charge in [0.1, 0.15) is 5.60 Å². The Labute approximate surface area is 137 Å². The first-order chi connectivity index (χ1) is 10.3. The van der Waals surface area contributed by atoms with Gasteiger partial charge in [0.2, 0.25) is 0 Å². The molecule has 0 aromatic heterocycles. The molecule has 1 aliphatic carbocycles. The van der Waals surface area contributed by atoms with Crippen LogP contribution in [-0.4, -0.2) is 53.2 Å². The monoisotopic (exact) mass is 312 g/mol. The number of carbonyl (C=O) groups is 1. The van der Waals surface area contributed by atoms with E-state index in [4.69, 9.17) is 4.74 Å². The van der Waals surface area contributed by atoms with E-state index in [1.807, 2.05) is 39.5 Å². The predicted molar refractivity (Wildman–Crippen MR) is 92.2 cm³/mol. The normalized spacial score (nSPS) is 22.5. The zero-order valence-electron chi connectivity index (χ0n) is 15.6. The van der Waals surface area contributed by atoms with Crippen molar-refractivity contribution >= 4 is 6.09 Å². The second-order valence-electron chi connectivity index (χ2n) is 7.51. The maximum Gasteiger partial charge on any atom is 0.410 e. The summed E-state index contributed by atoms with van der Waals surface area (Å²) < 4.78 is 5.45. The molecule has 1 heterocycles. The van der Waals surface area contributed by atoms with Crippen molar-refractivity contribution in [1.29, 1.82) is 0 Å². The first-order valence-electron chi connectivity index (χ1n) is 9.03. The molecule has 2 aliphatic rings. The van der Waals surface area contributed by atoms with E-state index in [2.05, 4.69) is 11.8 Å². The van der Waals surface area contributed by atoms with Gasteiger partial charge in [-0.2, -0.15) is 0 Å². The van der Waals surface area contributed by atoms with Crippen molar-refractivity contribution in [2.24, 2.45) is 0 Å². The van der Waals surface area contributed by atoms with E-state index in [0.29, 0.717) is 5.54 Å². The minimum atomic E-state index is -0.399. The molecule has 130 valence electrons. The van der Waals surface area contributed by atoms with Crippen LogP contribution in [-0.2, 0) is 4.74 Å². The molecule has 0 aromatic rings. The topological polar surface area (TPSA) is 32.8 Å². The SMILES string of the molecule is CC.CC(C)(C)OC(=O)N1CCN(C2(C)CCCCC2)CC1. The van der Waals surface area contributed by atoms with Crippen LogP contribution in [0.4, 0.5) is 4.79 Å². The van der Waals surface area contributed by atoms with Gasteiger partial charge in [0.15, 0.2) is 0 Å². The summed E-state index contributed by atoms with van der Waals surface area (Å²) in [6, 6.07) is 0. The Morgan fingerprint density at radius 1 is 0.955 bits per heavy atom. The molecule has 0 radical (unpaired) electrons. The van der Waals surface area contributed by atoms with E-state index in [0.717, 1.165) is 26.2 Å². The lowest BCUT2D eigenvalue weighted by atomic mass is 9.81. The highest BCUT2D eigenvalue weighted by Gasteiger charge is 2.36. The van der Waals surface area contributed by atoms with Crippen molar-refractivity contribution in [1.82, 2.24) is 9.80 Å². The van der Waals surface area contributed by atoms with Gasteiger partial charge in [-0.15, -0.1) is 0 Å². The molecular formula is C18H36N2O2. The third kappa shape index (κ3) is 5.45. The lowest BCUT2D eigenvalue weighted by Gasteiger charge is -2.47. The maximum absolute atomic E-state index is 12.1. The molecule has 22 heavy (non-hydrogen) atoms. The van der Waals surface area contributed by atoms with Crippen molar-refractivity contribution < 1.29 is 9.53 Å². The van der Waals surface area contributed by atoms with Crippen LogP contribution in [0.3, 0.4) is 0 Å².